The molecule has 3 nitrogen and oxygen atoms in total. The van der Waals surface area contributed by atoms with Gasteiger partial charge in [-0.25, -0.2) is 0 Å². The van der Waals surface area contributed by atoms with Crippen molar-refractivity contribution in [3.63, 3.8) is 0 Å². The topological polar surface area (TPSA) is 46.0 Å². The minimum atomic E-state index is -0.407. The number of hydrogen-bond donors (Lipinski definition) is 1. The molecule has 13 heavy (non-hydrogen) atoms. The lowest BCUT2D eigenvalue weighted by Crippen LogP contribution is -1.97. The quantitative estimate of drug-likeness (QED) is 0.718. The summed E-state index contributed by atoms with van der Waals surface area (Å²) in [5.41, 5.74) is 0.724. The molecule has 1 aromatic rings. The molecule has 1 atom stereocenters. The van der Waals surface area contributed by atoms with E-state index in [1.165, 1.54) is 19.3 Å². The number of rotatable bonds is 6. The van der Waals surface area contributed by atoms with E-state index < -0.39 is 6.10 Å². The number of aromatic nitrogens is 2. The predicted octanol–water partition coefficient (Wildman–Crippen LogP) is 2.54. The second kappa shape index (κ2) is 6.05. The SMILES string of the molecule is CCCCCCC(O)c1cnsn1. The van der Waals surface area contributed by atoms with E-state index in [-0.39, 0.29) is 0 Å². The van der Waals surface area contributed by atoms with Crippen molar-refractivity contribution < 1.29 is 5.11 Å². The third kappa shape index (κ3) is 3.83. The normalized spacial score (nSPS) is 13.1. The minimum Gasteiger partial charge on any atom is -0.387 e. The molecule has 0 aliphatic carbocycles. The van der Waals surface area contributed by atoms with E-state index >= 15 is 0 Å². The van der Waals surface area contributed by atoms with Crippen LogP contribution in [0.5, 0.6) is 0 Å². The smallest absolute Gasteiger partial charge is 0.103 e. The van der Waals surface area contributed by atoms with Gasteiger partial charge >= 0.3 is 0 Å². The number of hydrogen-bond acceptors (Lipinski definition) is 4. The minimum absolute atomic E-state index is 0.407. The zero-order valence-corrected chi connectivity index (χ0v) is 8.76. The summed E-state index contributed by atoms with van der Waals surface area (Å²) in [5, 5.41) is 9.61. The predicted molar refractivity (Wildman–Crippen MR) is 53.6 cm³/mol. The Kier molecular flexibility index (Phi) is 4.93. The summed E-state index contributed by atoms with van der Waals surface area (Å²) in [5.74, 6) is 0. The van der Waals surface area contributed by atoms with Gasteiger partial charge in [0.05, 0.1) is 24.0 Å². The molecule has 0 aromatic carbocycles. The Morgan fingerprint density at radius 3 is 2.92 bits per heavy atom. The molecule has 0 saturated heterocycles. The van der Waals surface area contributed by atoms with Gasteiger partial charge in [-0.05, 0) is 6.42 Å². The van der Waals surface area contributed by atoms with Gasteiger partial charge in [-0.1, -0.05) is 32.6 Å². The van der Waals surface area contributed by atoms with Gasteiger partial charge in [-0.2, -0.15) is 8.75 Å². The van der Waals surface area contributed by atoms with Crippen LogP contribution in [-0.4, -0.2) is 13.9 Å². The van der Waals surface area contributed by atoms with E-state index in [1.54, 1.807) is 6.20 Å². The first-order valence-electron chi connectivity index (χ1n) is 4.80. The van der Waals surface area contributed by atoms with E-state index in [0.29, 0.717) is 0 Å². The third-order valence-corrected chi connectivity index (χ3v) is 2.54. The van der Waals surface area contributed by atoms with Crippen molar-refractivity contribution in [2.24, 2.45) is 0 Å². The van der Waals surface area contributed by atoms with Crippen LogP contribution in [-0.2, 0) is 0 Å². The molecule has 0 spiro atoms. The first kappa shape index (κ1) is 10.6. The molecule has 1 unspecified atom stereocenters. The highest BCUT2D eigenvalue weighted by Gasteiger charge is 2.09. The number of unbranched alkanes of at least 4 members (excludes halogenated alkanes) is 3. The molecule has 0 saturated carbocycles. The number of aliphatic hydroxyl groups excluding tert-OH is 1. The highest BCUT2D eigenvalue weighted by atomic mass is 32.1. The van der Waals surface area contributed by atoms with Gasteiger partial charge in [0.15, 0.2) is 0 Å². The first-order valence-corrected chi connectivity index (χ1v) is 5.53. The highest BCUT2D eigenvalue weighted by molar-refractivity contribution is 6.99. The largest absolute Gasteiger partial charge is 0.387 e. The summed E-state index contributed by atoms with van der Waals surface area (Å²) < 4.78 is 7.85. The van der Waals surface area contributed by atoms with Crippen LogP contribution in [0.3, 0.4) is 0 Å². The van der Waals surface area contributed by atoms with Gasteiger partial charge in [0.1, 0.15) is 5.69 Å². The summed E-state index contributed by atoms with van der Waals surface area (Å²) >= 11 is 1.15. The summed E-state index contributed by atoms with van der Waals surface area (Å²) in [6, 6.07) is 0. The summed E-state index contributed by atoms with van der Waals surface area (Å²) in [6.07, 6.45) is 6.81. The molecule has 1 heterocycles. The van der Waals surface area contributed by atoms with Gasteiger partial charge in [0.2, 0.25) is 0 Å². The maximum absolute atomic E-state index is 9.61. The van der Waals surface area contributed by atoms with Crippen LogP contribution >= 0.6 is 11.7 Å². The fraction of sp³-hybridized carbons (Fsp3) is 0.778. The molecule has 1 aromatic heterocycles. The van der Waals surface area contributed by atoms with Crippen LogP contribution in [0.2, 0.25) is 0 Å². The average molecular weight is 200 g/mol. The Labute approximate surface area is 83.1 Å². The van der Waals surface area contributed by atoms with Crippen LogP contribution in [0.1, 0.15) is 50.8 Å². The lowest BCUT2D eigenvalue weighted by molar-refractivity contribution is 0.159. The molecule has 0 fully saturated rings. The van der Waals surface area contributed by atoms with Crippen LogP contribution in [0.15, 0.2) is 6.20 Å². The Bertz CT molecular complexity index is 213. The van der Waals surface area contributed by atoms with Gasteiger partial charge in [-0.15, -0.1) is 0 Å². The molecule has 0 radical (unpaired) electrons. The van der Waals surface area contributed by atoms with E-state index in [1.807, 2.05) is 0 Å². The van der Waals surface area contributed by atoms with Crippen molar-refractivity contribution >= 4 is 11.7 Å². The molecule has 1 rings (SSSR count). The lowest BCUT2D eigenvalue weighted by atomic mass is 10.1. The molecule has 74 valence electrons. The molecular formula is C9H16N2OS. The fourth-order valence-electron chi connectivity index (χ4n) is 1.23. The van der Waals surface area contributed by atoms with Crippen molar-refractivity contribution in [2.45, 2.75) is 45.1 Å². The zero-order valence-electron chi connectivity index (χ0n) is 7.94. The molecule has 0 bridgehead atoms. The van der Waals surface area contributed by atoms with E-state index in [0.717, 1.165) is 30.3 Å². The summed E-state index contributed by atoms with van der Waals surface area (Å²) in [4.78, 5) is 0. The molecule has 1 N–H and O–H groups in total. The first-order chi connectivity index (χ1) is 6.34. The maximum atomic E-state index is 9.61. The Hall–Kier alpha value is -0.480. The Balaban J connectivity index is 2.15. The fourth-order valence-corrected chi connectivity index (χ4v) is 1.70. The second-order valence-electron chi connectivity index (χ2n) is 3.20. The molecule has 0 aliphatic rings. The van der Waals surface area contributed by atoms with Gasteiger partial charge < -0.3 is 5.11 Å². The van der Waals surface area contributed by atoms with E-state index in [2.05, 4.69) is 15.7 Å². The van der Waals surface area contributed by atoms with Gasteiger partial charge in [0, 0.05) is 0 Å². The Morgan fingerprint density at radius 2 is 2.31 bits per heavy atom. The van der Waals surface area contributed by atoms with Gasteiger partial charge in [0.25, 0.3) is 0 Å². The van der Waals surface area contributed by atoms with E-state index in [4.69, 9.17) is 0 Å². The average Bonchev–Trinajstić information content (AvgIpc) is 2.65. The van der Waals surface area contributed by atoms with Crippen LogP contribution < -0.4 is 0 Å². The van der Waals surface area contributed by atoms with Crippen LogP contribution in [0, 0.1) is 0 Å². The molecule has 4 heteroatoms. The van der Waals surface area contributed by atoms with Gasteiger partial charge in [-0.3, -0.25) is 0 Å². The van der Waals surface area contributed by atoms with Crippen molar-refractivity contribution in [1.82, 2.24) is 8.75 Å². The third-order valence-electron chi connectivity index (χ3n) is 2.05. The lowest BCUT2D eigenvalue weighted by Gasteiger charge is -2.05. The Morgan fingerprint density at radius 1 is 1.46 bits per heavy atom. The monoisotopic (exact) mass is 200 g/mol. The summed E-state index contributed by atoms with van der Waals surface area (Å²) in [6.45, 7) is 2.18. The van der Waals surface area contributed by atoms with Crippen molar-refractivity contribution in [3.8, 4) is 0 Å². The van der Waals surface area contributed by atoms with Crippen molar-refractivity contribution in [1.29, 1.82) is 0 Å². The molecule has 0 aliphatic heterocycles. The van der Waals surface area contributed by atoms with Crippen molar-refractivity contribution in [2.75, 3.05) is 0 Å². The van der Waals surface area contributed by atoms with E-state index in [9.17, 15) is 5.11 Å². The van der Waals surface area contributed by atoms with Crippen LogP contribution in [0.4, 0.5) is 0 Å². The summed E-state index contributed by atoms with van der Waals surface area (Å²) in [7, 11) is 0. The second-order valence-corrected chi connectivity index (χ2v) is 3.75. The number of aliphatic hydroxyl groups is 1. The zero-order chi connectivity index (χ0) is 9.52. The standard InChI is InChI=1S/C9H16N2OS/c1-2-3-4-5-6-9(12)8-7-10-13-11-8/h7,9,12H,2-6H2,1H3. The van der Waals surface area contributed by atoms with Crippen LogP contribution in [0.25, 0.3) is 0 Å². The molecule has 0 amide bonds. The highest BCUT2D eigenvalue weighted by Crippen LogP contribution is 2.17. The molecular weight excluding hydrogens is 184 g/mol. The number of nitrogens with zero attached hydrogens (tertiary/aromatic N) is 2. The maximum Gasteiger partial charge on any atom is 0.103 e. The van der Waals surface area contributed by atoms with Crippen molar-refractivity contribution in [3.05, 3.63) is 11.9 Å².